The van der Waals surface area contributed by atoms with E-state index in [-0.39, 0.29) is 18.3 Å². The van der Waals surface area contributed by atoms with Crippen LogP contribution in [0.25, 0.3) is 5.65 Å². The van der Waals surface area contributed by atoms with Crippen LogP contribution in [0, 0.1) is 0 Å². The summed E-state index contributed by atoms with van der Waals surface area (Å²) in [6.07, 6.45) is 1.97. The molecule has 1 saturated heterocycles. The maximum atomic E-state index is 12.0. The number of hydrogen-bond donors (Lipinski definition) is 1. The Morgan fingerprint density at radius 2 is 1.96 bits per heavy atom. The molecular weight excluding hydrogens is 334 g/mol. The second-order valence-electron chi connectivity index (χ2n) is 6.46. The summed E-state index contributed by atoms with van der Waals surface area (Å²) >= 11 is 0. The average Bonchev–Trinajstić information content (AvgIpc) is 2.92. The van der Waals surface area contributed by atoms with E-state index in [0.717, 1.165) is 24.4 Å². The summed E-state index contributed by atoms with van der Waals surface area (Å²) in [5.41, 5.74) is 8.99. The van der Waals surface area contributed by atoms with E-state index in [2.05, 4.69) is 9.88 Å². The molecule has 2 aromatic heterocycles. The Morgan fingerprint density at radius 3 is 2.62 bits per heavy atom. The van der Waals surface area contributed by atoms with Crippen molar-refractivity contribution in [2.24, 2.45) is 0 Å². The molecule has 0 radical (unpaired) electrons. The fourth-order valence-corrected chi connectivity index (χ4v) is 3.25. The quantitative estimate of drug-likeness (QED) is 0.790. The minimum absolute atomic E-state index is 0.107. The molecule has 0 unspecified atom stereocenters. The first kappa shape index (κ1) is 18.2. The Kier molecular flexibility index (Phi) is 5.41. The van der Waals surface area contributed by atoms with Crippen molar-refractivity contribution in [3.8, 4) is 0 Å². The highest BCUT2D eigenvalue weighted by molar-refractivity contribution is 5.73. The fraction of sp³-hybridized carbons (Fsp3) is 0.500. The Bertz CT molecular complexity index is 809. The van der Waals surface area contributed by atoms with Crippen LogP contribution < -0.4 is 5.73 Å². The van der Waals surface area contributed by atoms with Gasteiger partial charge in [-0.3, -0.25) is 14.5 Å². The zero-order valence-corrected chi connectivity index (χ0v) is 15.3. The molecule has 0 aromatic carbocycles. The van der Waals surface area contributed by atoms with Crippen LogP contribution in [0.3, 0.4) is 0 Å². The van der Waals surface area contributed by atoms with Crippen LogP contribution in [-0.4, -0.2) is 63.8 Å². The van der Waals surface area contributed by atoms with Crippen LogP contribution in [-0.2, 0) is 27.3 Å². The molecular formula is C18H25N5O3. The molecule has 0 aliphatic carbocycles. The third kappa shape index (κ3) is 3.96. The third-order valence-corrected chi connectivity index (χ3v) is 4.63. The number of amides is 1. The number of nitrogens with zero attached hydrogens (tertiary/aromatic N) is 4. The van der Waals surface area contributed by atoms with Crippen LogP contribution >= 0.6 is 0 Å². The van der Waals surface area contributed by atoms with E-state index in [1.54, 1.807) is 19.9 Å². The molecule has 1 amide bonds. The van der Waals surface area contributed by atoms with Crippen LogP contribution in [0.5, 0.6) is 0 Å². The predicted molar refractivity (Wildman–Crippen MR) is 97.5 cm³/mol. The van der Waals surface area contributed by atoms with Gasteiger partial charge in [0.05, 0.1) is 24.4 Å². The number of nitrogen functional groups attached to an aromatic ring is 1. The number of hydrogen-bond acceptors (Lipinski definition) is 6. The molecule has 2 N–H and O–H groups in total. The van der Waals surface area contributed by atoms with Gasteiger partial charge in [0, 0.05) is 51.5 Å². The molecule has 3 rings (SSSR count). The zero-order chi connectivity index (χ0) is 18.7. The summed E-state index contributed by atoms with van der Waals surface area (Å²) in [7, 11) is 0. The SMILES string of the molecule is CCOC(=O)Cc1nc2ccc(N)cn2c1CN1CCN(C(C)=O)CC1. The van der Waals surface area contributed by atoms with E-state index in [1.807, 2.05) is 21.6 Å². The first-order valence-electron chi connectivity index (χ1n) is 8.86. The average molecular weight is 359 g/mol. The highest BCUT2D eigenvalue weighted by atomic mass is 16.5. The number of piperazine rings is 1. The highest BCUT2D eigenvalue weighted by Crippen LogP contribution is 2.19. The molecule has 0 atom stereocenters. The minimum atomic E-state index is -0.286. The van der Waals surface area contributed by atoms with Gasteiger partial charge in [0.1, 0.15) is 5.65 Å². The molecule has 1 aliphatic rings. The first-order chi connectivity index (χ1) is 12.5. The summed E-state index contributed by atoms with van der Waals surface area (Å²) in [6, 6.07) is 3.65. The summed E-state index contributed by atoms with van der Waals surface area (Å²) in [5.74, 6) is -0.179. The molecule has 3 heterocycles. The topological polar surface area (TPSA) is 93.2 Å². The van der Waals surface area contributed by atoms with Crippen molar-refractivity contribution in [3.63, 3.8) is 0 Å². The van der Waals surface area contributed by atoms with Crippen LogP contribution in [0.2, 0.25) is 0 Å². The molecule has 2 aromatic rings. The summed E-state index contributed by atoms with van der Waals surface area (Å²) in [4.78, 5) is 32.2. The van der Waals surface area contributed by atoms with E-state index in [0.29, 0.717) is 37.6 Å². The second-order valence-corrected chi connectivity index (χ2v) is 6.46. The van der Waals surface area contributed by atoms with E-state index < -0.39 is 0 Å². The molecule has 1 fully saturated rings. The third-order valence-electron chi connectivity index (χ3n) is 4.63. The van der Waals surface area contributed by atoms with Crippen molar-refractivity contribution in [1.29, 1.82) is 0 Å². The van der Waals surface area contributed by atoms with Crippen LogP contribution in [0.4, 0.5) is 5.69 Å². The molecule has 140 valence electrons. The van der Waals surface area contributed by atoms with E-state index in [9.17, 15) is 9.59 Å². The lowest BCUT2D eigenvalue weighted by Gasteiger charge is -2.34. The van der Waals surface area contributed by atoms with E-state index in [1.165, 1.54) is 0 Å². The van der Waals surface area contributed by atoms with Crippen molar-refractivity contribution in [1.82, 2.24) is 19.2 Å². The van der Waals surface area contributed by atoms with Gasteiger partial charge in [-0.1, -0.05) is 0 Å². The number of carbonyl (C=O) groups is 2. The largest absolute Gasteiger partial charge is 0.466 e. The van der Waals surface area contributed by atoms with Gasteiger partial charge in [-0.05, 0) is 19.1 Å². The van der Waals surface area contributed by atoms with Crippen LogP contribution in [0.1, 0.15) is 25.2 Å². The monoisotopic (exact) mass is 359 g/mol. The van der Waals surface area contributed by atoms with E-state index >= 15 is 0 Å². The van der Waals surface area contributed by atoms with Crippen molar-refractivity contribution >= 4 is 23.2 Å². The lowest BCUT2D eigenvalue weighted by molar-refractivity contribution is -0.142. The molecule has 1 aliphatic heterocycles. The number of rotatable bonds is 5. The summed E-state index contributed by atoms with van der Waals surface area (Å²) in [5, 5.41) is 0. The number of pyridine rings is 1. The molecule has 0 spiro atoms. The van der Waals surface area contributed by atoms with Crippen molar-refractivity contribution in [2.45, 2.75) is 26.8 Å². The van der Waals surface area contributed by atoms with Crippen molar-refractivity contribution in [2.75, 3.05) is 38.5 Å². The number of fused-ring (bicyclic) bond motifs is 1. The van der Waals surface area contributed by atoms with Gasteiger partial charge in [0.25, 0.3) is 0 Å². The number of anilines is 1. The number of ether oxygens (including phenoxy) is 1. The van der Waals surface area contributed by atoms with Crippen LogP contribution in [0.15, 0.2) is 18.3 Å². The maximum absolute atomic E-state index is 12.0. The normalized spacial score (nSPS) is 15.4. The minimum Gasteiger partial charge on any atom is -0.466 e. The Balaban J connectivity index is 1.84. The number of imidazole rings is 1. The number of esters is 1. The molecule has 0 bridgehead atoms. The van der Waals surface area contributed by atoms with Crippen molar-refractivity contribution in [3.05, 3.63) is 29.7 Å². The lowest BCUT2D eigenvalue weighted by Crippen LogP contribution is -2.47. The second kappa shape index (κ2) is 7.74. The molecule has 8 heteroatoms. The van der Waals surface area contributed by atoms with Gasteiger partial charge in [0.2, 0.25) is 5.91 Å². The van der Waals surface area contributed by atoms with Gasteiger partial charge < -0.3 is 19.8 Å². The van der Waals surface area contributed by atoms with Gasteiger partial charge in [-0.2, -0.15) is 0 Å². The Morgan fingerprint density at radius 1 is 1.23 bits per heavy atom. The molecule has 26 heavy (non-hydrogen) atoms. The first-order valence-corrected chi connectivity index (χ1v) is 8.86. The Labute approximate surface area is 152 Å². The lowest BCUT2D eigenvalue weighted by atomic mass is 10.2. The van der Waals surface area contributed by atoms with Gasteiger partial charge in [-0.25, -0.2) is 4.98 Å². The Hall–Kier alpha value is -2.61. The molecule has 0 saturated carbocycles. The number of carbonyl (C=O) groups excluding carboxylic acids is 2. The van der Waals surface area contributed by atoms with Gasteiger partial charge in [-0.15, -0.1) is 0 Å². The number of aromatic nitrogens is 2. The standard InChI is InChI=1S/C18H25N5O3/c1-3-26-18(25)10-15-16(23-11-14(19)4-5-17(23)20-15)12-21-6-8-22(9-7-21)13(2)24/h4-5,11H,3,6-10,12,19H2,1-2H3. The maximum Gasteiger partial charge on any atom is 0.311 e. The summed E-state index contributed by atoms with van der Waals surface area (Å²) in [6.45, 7) is 7.37. The van der Waals surface area contributed by atoms with Gasteiger partial charge in [0.15, 0.2) is 0 Å². The smallest absolute Gasteiger partial charge is 0.311 e. The van der Waals surface area contributed by atoms with E-state index in [4.69, 9.17) is 10.5 Å². The van der Waals surface area contributed by atoms with Crippen molar-refractivity contribution < 1.29 is 14.3 Å². The zero-order valence-electron chi connectivity index (χ0n) is 15.3. The highest BCUT2D eigenvalue weighted by Gasteiger charge is 2.22. The predicted octanol–water partition coefficient (Wildman–Crippen LogP) is 0.686. The summed E-state index contributed by atoms with van der Waals surface area (Å²) < 4.78 is 7.03. The molecule has 8 nitrogen and oxygen atoms in total. The van der Waals surface area contributed by atoms with Gasteiger partial charge >= 0.3 is 5.97 Å². The number of nitrogens with two attached hydrogens (primary N) is 1. The fourth-order valence-electron chi connectivity index (χ4n) is 3.25.